The van der Waals surface area contributed by atoms with E-state index in [9.17, 15) is 4.79 Å². The average molecular weight is 480 g/mol. The molecule has 0 bridgehead atoms. The summed E-state index contributed by atoms with van der Waals surface area (Å²) in [5, 5.41) is 15.5. The number of carbonyl (C=O) groups is 1. The molecule has 1 saturated heterocycles. The number of nitrogens with zero attached hydrogens (tertiary/aromatic N) is 3. The van der Waals surface area contributed by atoms with E-state index in [1.807, 2.05) is 56.3 Å². The van der Waals surface area contributed by atoms with E-state index in [4.69, 9.17) is 14.4 Å². The Balaban J connectivity index is 0.00000274. The number of likely N-dealkylation sites (tertiary alicyclic amines) is 1. The summed E-state index contributed by atoms with van der Waals surface area (Å²) in [5.41, 5.74) is 2.88. The molecule has 176 valence electrons. The number of aromatic nitrogens is 2. The Hall–Kier alpha value is -3.42. The highest BCUT2D eigenvalue weighted by molar-refractivity contribution is 5.97. The average Bonchev–Trinajstić information content (AvgIpc) is 3.25. The number of hydrogen-bond acceptors (Lipinski definition) is 6. The summed E-state index contributed by atoms with van der Waals surface area (Å²) in [5.74, 6) is 0.799. The molecule has 0 spiro atoms. The molecule has 8 heteroatoms. The van der Waals surface area contributed by atoms with Crippen LogP contribution in [-0.4, -0.2) is 45.3 Å². The summed E-state index contributed by atoms with van der Waals surface area (Å²) in [7, 11) is 0. The summed E-state index contributed by atoms with van der Waals surface area (Å²) < 4.78 is 11.3. The van der Waals surface area contributed by atoms with Gasteiger partial charge in [-0.15, -0.1) is 12.4 Å². The first-order valence-electron chi connectivity index (χ1n) is 11.0. The first-order chi connectivity index (χ1) is 16.0. The first-order valence-corrected chi connectivity index (χ1v) is 11.0. The van der Waals surface area contributed by atoms with E-state index in [-0.39, 0.29) is 24.4 Å². The zero-order chi connectivity index (χ0) is 22.9. The van der Waals surface area contributed by atoms with Crippen molar-refractivity contribution in [3.8, 4) is 28.6 Å². The number of halogens is 1. The van der Waals surface area contributed by atoms with Gasteiger partial charge in [0, 0.05) is 30.8 Å². The van der Waals surface area contributed by atoms with Gasteiger partial charge in [0.25, 0.3) is 5.89 Å². The summed E-state index contributed by atoms with van der Waals surface area (Å²) in [4.78, 5) is 17.9. The fraction of sp³-hybridized carbons (Fsp3) is 0.269. The second kappa shape index (κ2) is 9.83. The smallest absolute Gasteiger partial charge is 0.309 e. The van der Waals surface area contributed by atoms with Gasteiger partial charge in [0.15, 0.2) is 0 Å². The van der Waals surface area contributed by atoms with Gasteiger partial charge in [0.05, 0.1) is 12.0 Å². The second-order valence-corrected chi connectivity index (χ2v) is 8.66. The van der Waals surface area contributed by atoms with Gasteiger partial charge in [-0.05, 0) is 54.4 Å². The van der Waals surface area contributed by atoms with Crippen LogP contribution in [0.1, 0.15) is 19.4 Å². The van der Waals surface area contributed by atoms with Crippen molar-refractivity contribution in [2.45, 2.75) is 26.5 Å². The summed E-state index contributed by atoms with van der Waals surface area (Å²) >= 11 is 0. The molecule has 0 aliphatic carbocycles. The molecule has 0 unspecified atom stereocenters. The molecule has 3 aromatic carbocycles. The van der Waals surface area contributed by atoms with Crippen LogP contribution >= 0.6 is 12.4 Å². The zero-order valence-electron chi connectivity index (χ0n) is 19.0. The second-order valence-electron chi connectivity index (χ2n) is 8.66. The molecule has 34 heavy (non-hydrogen) atoms. The Labute approximate surface area is 203 Å². The number of benzene rings is 3. The molecule has 5 rings (SSSR count). The van der Waals surface area contributed by atoms with Crippen molar-refractivity contribution >= 4 is 29.1 Å². The summed E-state index contributed by atoms with van der Waals surface area (Å²) in [6, 6.07) is 19.8. The molecule has 0 atom stereocenters. The first kappa shape index (κ1) is 23.7. The van der Waals surface area contributed by atoms with Crippen molar-refractivity contribution in [1.29, 1.82) is 0 Å². The van der Waals surface area contributed by atoms with Crippen molar-refractivity contribution in [1.82, 2.24) is 15.0 Å². The summed E-state index contributed by atoms with van der Waals surface area (Å²) in [6.45, 7) is 5.86. The van der Waals surface area contributed by atoms with Crippen molar-refractivity contribution < 1.29 is 19.2 Å². The highest BCUT2D eigenvalue weighted by Crippen LogP contribution is 2.32. The molecular formula is C26H26ClN3O4. The van der Waals surface area contributed by atoms with Crippen LogP contribution in [0.15, 0.2) is 65.2 Å². The largest absolute Gasteiger partial charge is 0.491 e. The summed E-state index contributed by atoms with van der Waals surface area (Å²) in [6.07, 6.45) is 0.113. The quantitative estimate of drug-likeness (QED) is 0.385. The highest BCUT2D eigenvalue weighted by atomic mass is 35.5. The number of carboxylic acids is 1. The lowest BCUT2D eigenvalue weighted by Crippen LogP contribution is -2.49. The van der Waals surface area contributed by atoms with Gasteiger partial charge in [-0.1, -0.05) is 41.6 Å². The van der Waals surface area contributed by atoms with Gasteiger partial charge < -0.3 is 14.4 Å². The predicted molar refractivity (Wildman–Crippen MR) is 132 cm³/mol. The van der Waals surface area contributed by atoms with Crippen molar-refractivity contribution in [2.24, 2.45) is 5.92 Å². The lowest BCUT2D eigenvalue weighted by molar-refractivity contribution is -0.147. The van der Waals surface area contributed by atoms with Crippen LogP contribution in [0, 0.1) is 5.92 Å². The van der Waals surface area contributed by atoms with Crippen molar-refractivity contribution in [2.75, 3.05) is 13.1 Å². The SMILES string of the molecule is CC(C)Oc1ccc(-c2nc(-c3ccc(CN4CC(C(=O)O)C4)c4ccccc34)no2)cc1.Cl. The number of ether oxygens (including phenoxy) is 1. The fourth-order valence-corrected chi connectivity index (χ4v) is 4.19. The predicted octanol–water partition coefficient (Wildman–Crippen LogP) is 5.28. The lowest BCUT2D eigenvalue weighted by Gasteiger charge is -2.36. The Morgan fingerprint density at radius 3 is 2.47 bits per heavy atom. The minimum atomic E-state index is -0.721. The molecule has 0 radical (unpaired) electrons. The number of rotatable bonds is 7. The molecule has 0 saturated carbocycles. The maximum absolute atomic E-state index is 11.1. The Morgan fingerprint density at radius 1 is 1.09 bits per heavy atom. The third kappa shape index (κ3) is 4.76. The van der Waals surface area contributed by atoms with Gasteiger partial charge >= 0.3 is 5.97 Å². The molecule has 1 aliphatic rings. The molecule has 7 nitrogen and oxygen atoms in total. The van der Waals surface area contributed by atoms with Crippen molar-refractivity contribution in [3.05, 3.63) is 66.2 Å². The molecule has 1 aromatic heterocycles. The molecule has 1 fully saturated rings. The minimum Gasteiger partial charge on any atom is -0.491 e. The van der Waals surface area contributed by atoms with E-state index in [0.29, 0.717) is 31.3 Å². The molecule has 0 amide bonds. The Bertz CT molecular complexity index is 1300. The molecular weight excluding hydrogens is 454 g/mol. The van der Waals surface area contributed by atoms with Crippen LogP contribution in [-0.2, 0) is 11.3 Å². The molecule has 1 aliphatic heterocycles. The number of carboxylic acid groups (broad SMARTS) is 1. The van der Waals surface area contributed by atoms with Crippen LogP contribution in [0.25, 0.3) is 33.6 Å². The number of fused-ring (bicyclic) bond motifs is 1. The van der Waals surface area contributed by atoms with Gasteiger partial charge in [-0.25, -0.2) is 0 Å². The lowest BCUT2D eigenvalue weighted by atomic mass is 9.95. The molecule has 4 aromatic rings. The van der Waals surface area contributed by atoms with E-state index in [0.717, 1.165) is 33.2 Å². The molecule has 2 heterocycles. The van der Waals surface area contributed by atoms with Gasteiger partial charge in [-0.2, -0.15) is 4.98 Å². The van der Waals surface area contributed by atoms with Crippen LogP contribution in [0.2, 0.25) is 0 Å². The van der Waals surface area contributed by atoms with E-state index in [1.165, 1.54) is 0 Å². The minimum absolute atomic E-state index is 0. The Morgan fingerprint density at radius 2 is 1.79 bits per heavy atom. The zero-order valence-corrected chi connectivity index (χ0v) is 19.8. The van der Waals surface area contributed by atoms with E-state index in [2.05, 4.69) is 33.2 Å². The standard InChI is InChI=1S/C26H25N3O4.ClH/c1-16(2)32-20-10-7-17(8-11-20)25-27-24(28-33-25)23-12-9-18(21-5-3-4-6-22(21)23)13-29-14-19(15-29)26(30)31;/h3-12,16,19H,13-15H2,1-2H3,(H,30,31);1H. The van der Waals surface area contributed by atoms with Gasteiger partial charge in [0.2, 0.25) is 5.82 Å². The molecule has 1 N–H and O–H groups in total. The van der Waals surface area contributed by atoms with Crippen LogP contribution in [0.5, 0.6) is 5.75 Å². The Kier molecular flexibility index (Phi) is 6.86. The monoisotopic (exact) mass is 479 g/mol. The van der Waals surface area contributed by atoms with Crippen LogP contribution in [0.3, 0.4) is 0 Å². The van der Waals surface area contributed by atoms with Crippen molar-refractivity contribution in [3.63, 3.8) is 0 Å². The number of hydrogen-bond donors (Lipinski definition) is 1. The van der Waals surface area contributed by atoms with Gasteiger partial charge in [0.1, 0.15) is 5.75 Å². The third-order valence-corrected chi connectivity index (χ3v) is 5.85. The van der Waals surface area contributed by atoms with Crippen LogP contribution in [0.4, 0.5) is 0 Å². The maximum Gasteiger partial charge on any atom is 0.309 e. The fourth-order valence-electron chi connectivity index (χ4n) is 4.19. The number of aliphatic carboxylic acids is 1. The maximum atomic E-state index is 11.1. The highest BCUT2D eigenvalue weighted by Gasteiger charge is 2.32. The van der Waals surface area contributed by atoms with Gasteiger partial charge in [-0.3, -0.25) is 9.69 Å². The normalized spacial score (nSPS) is 14.1. The van der Waals surface area contributed by atoms with E-state index in [1.54, 1.807) is 0 Å². The topological polar surface area (TPSA) is 88.7 Å². The third-order valence-electron chi connectivity index (χ3n) is 5.85. The van der Waals surface area contributed by atoms with E-state index < -0.39 is 5.97 Å². The van der Waals surface area contributed by atoms with Crippen LogP contribution < -0.4 is 4.74 Å². The van der Waals surface area contributed by atoms with E-state index >= 15 is 0 Å².